The van der Waals surface area contributed by atoms with Gasteiger partial charge in [0.25, 0.3) is 0 Å². The molecule has 1 aromatic carbocycles. The van der Waals surface area contributed by atoms with E-state index in [-0.39, 0.29) is 6.04 Å². The second kappa shape index (κ2) is 16.6. The van der Waals surface area contributed by atoms with Crippen LogP contribution in [0.2, 0.25) is 0 Å². The molecule has 4 heteroatoms. The highest BCUT2D eigenvalue weighted by molar-refractivity contribution is 5.95. The van der Waals surface area contributed by atoms with Crippen molar-refractivity contribution in [2.75, 3.05) is 0 Å². The Bertz CT molecular complexity index is 1870. The summed E-state index contributed by atoms with van der Waals surface area (Å²) in [5.74, 6) is 3.96. The molecule has 2 saturated carbocycles. The molecule has 8 rings (SSSR count). The lowest BCUT2D eigenvalue weighted by molar-refractivity contribution is 0.0236. The molecule has 4 aliphatic carbocycles. The zero-order valence-corrected chi connectivity index (χ0v) is 33.1. The van der Waals surface area contributed by atoms with Gasteiger partial charge < -0.3 is 19.4 Å². The molecule has 286 valence electrons. The van der Waals surface area contributed by atoms with Crippen LogP contribution in [0.5, 0.6) is 0 Å². The van der Waals surface area contributed by atoms with E-state index >= 15 is 0 Å². The highest BCUT2D eigenvalue weighted by Crippen LogP contribution is 2.50. The molecule has 7 unspecified atom stereocenters. The molecule has 54 heavy (non-hydrogen) atoms. The lowest BCUT2D eigenvalue weighted by Crippen LogP contribution is -2.47. The number of ether oxygens (including phenoxy) is 1. The van der Waals surface area contributed by atoms with Crippen LogP contribution in [-0.4, -0.2) is 29.2 Å². The maximum atomic E-state index is 6.96. The van der Waals surface area contributed by atoms with Gasteiger partial charge in [-0.05, 0) is 141 Å². The largest absolute Gasteiger partial charge is 0.455 e. The van der Waals surface area contributed by atoms with Crippen LogP contribution in [-0.2, 0) is 4.74 Å². The van der Waals surface area contributed by atoms with Gasteiger partial charge in [-0.1, -0.05) is 89.1 Å². The summed E-state index contributed by atoms with van der Waals surface area (Å²) in [6.07, 6.45) is 39.4. The Kier molecular flexibility index (Phi) is 11.5. The molecule has 1 saturated heterocycles. The van der Waals surface area contributed by atoms with Crippen molar-refractivity contribution in [2.45, 2.75) is 140 Å². The molecular formula is C50H64N2O2. The summed E-state index contributed by atoms with van der Waals surface area (Å²) in [5.41, 5.74) is 8.00. The van der Waals surface area contributed by atoms with E-state index in [1.807, 2.05) is 6.08 Å². The number of hydrogen-bond acceptors (Lipinski definition) is 4. The van der Waals surface area contributed by atoms with Gasteiger partial charge >= 0.3 is 0 Å². The monoisotopic (exact) mass is 724 g/mol. The van der Waals surface area contributed by atoms with Crippen molar-refractivity contribution >= 4 is 22.6 Å². The van der Waals surface area contributed by atoms with Gasteiger partial charge in [0.2, 0.25) is 0 Å². The molecule has 4 nitrogen and oxygen atoms in total. The quantitative estimate of drug-likeness (QED) is 0.261. The first-order valence-corrected chi connectivity index (χ1v) is 21.6. The Hall–Kier alpha value is -3.60. The molecule has 1 aromatic heterocycles. The molecule has 0 bridgehead atoms. The van der Waals surface area contributed by atoms with Gasteiger partial charge in [-0.3, -0.25) is 0 Å². The van der Waals surface area contributed by atoms with Crippen molar-refractivity contribution in [2.24, 2.45) is 23.7 Å². The van der Waals surface area contributed by atoms with Crippen molar-refractivity contribution in [3.63, 3.8) is 0 Å². The summed E-state index contributed by atoms with van der Waals surface area (Å²) in [6.45, 7) is 17.9. The lowest BCUT2D eigenvalue weighted by atomic mass is 9.68. The minimum Gasteiger partial charge on any atom is -0.455 e. The van der Waals surface area contributed by atoms with E-state index in [2.05, 4.69) is 111 Å². The maximum Gasteiger partial charge on any atom is 0.142 e. The summed E-state index contributed by atoms with van der Waals surface area (Å²) in [6, 6.07) is 7.56. The van der Waals surface area contributed by atoms with Crippen LogP contribution >= 0.6 is 0 Å². The van der Waals surface area contributed by atoms with Crippen LogP contribution in [0.3, 0.4) is 0 Å². The fourth-order valence-corrected chi connectivity index (χ4v) is 11.0. The number of nitrogens with zero attached hydrogens (tertiary/aromatic N) is 1. The van der Waals surface area contributed by atoms with Crippen LogP contribution in [0, 0.1) is 23.7 Å². The predicted molar refractivity (Wildman–Crippen MR) is 227 cm³/mol. The first-order chi connectivity index (χ1) is 26.4. The number of rotatable bonds is 9. The number of benzene rings is 1. The SMILES string of the molecule is C=C[C@H](C[C@H](CC)c1ccc2oc3c(c2c1)/C=C\N(C1=CCCC(C)C1)/C=C\C=C/C(=C)C3=C)NC1CCCCC1C1=CCCC2C1OC1CCCCC12. The molecule has 0 amide bonds. The minimum absolute atomic E-state index is 0.241. The second-order valence-electron chi connectivity index (χ2n) is 17.4. The first kappa shape index (κ1) is 37.3. The van der Waals surface area contributed by atoms with Gasteiger partial charge in [0.1, 0.15) is 11.3 Å². The van der Waals surface area contributed by atoms with E-state index in [1.165, 1.54) is 81.9 Å². The van der Waals surface area contributed by atoms with Crippen molar-refractivity contribution in [3.8, 4) is 0 Å². The summed E-state index contributed by atoms with van der Waals surface area (Å²) in [7, 11) is 0. The Morgan fingerprint density at radius 2 is 1.76 bits per heavy atom. The molecule has 0 spiro atoms. The van der Waals surface area contributed by atoms with E-state index in [1.54, 1.807) is 5.57 Å². The van der Waals surface area contributed by atoms with Gasteiger partial charge in [-0.15, -0.1) is 6.58 Å². The average molecular weight is 725 g/mol. The Morgan fingerprint density at radius 3 is 2.61 bits per heavy atom. The Balaban J connectivity index is 1.04. The van der Waals surface area contributed by atoms with Crippen LogP contribution in [0.25, 0.3) is 22.6 Å². The number of fused-ring (bicyclic) bond motifs is 6. The van der Waals surface area contributed by atoms with Gasteiger partial charge in [0.15, 0.2) is 0 Å². The fraction of sp³-hybridized carbons (Fsp3) is 0.520. The van der Waals surface area contributed by atoms with Gasteiger partial charge in [-0.2, -0.15) is 0 Å². The third-order valence-corrected chi connectivity index (χ3v) is 14.0. The van der Waals surface area contributed by atoms with Crippen molar-refractivity contribution in [3.05, 3.63) is 121 Å². The standard InChI is InChI=1S/C50H64N2O2/c1-6-36(31-38(7-2)51-46-23-10-8-19-40(46)42-21-15-22-43-41-20-9-11-24-47(41)54-50(42)43)37-25-26-48-45(32-37)44-27-29-52(39-18-14-16-33(3)30-39)28-13-12-17-34(4)35(5)49(44)53-48/h7,12-13,17-18,21,25-29,32-33,36,38,40-41,43,46-47,50-51H,2,4-6,8-11,14-16,19-20,22-24,30-31H2,1,3H3/b17-12-,28-13-,29-27-/t33?,36-,38+,40?,41?,43?,46?,47?,50?/m0/s1. The number of nitrogens with one attached hydrogen (secondary N) is 1. The van der Waals surface area contributed by atoms with Crippen molar-refractivity contribution < 1.29 is 9.15 Å². The molecule has 2 aromatic rings. The highest BCUT2D eigenvalue weighted by atomic mass is 16.5. The number of hydrogen-bond donors (Lipinski definition) is 1. The Morgan fingerprint density at radius 1 is 0.926 bits per heavy atom. The van der Waals surface area contributed by atoms with Crippen LogP contribution in [0.1, 0.15) is 133 Å². The number of furan rings is 1. The average Bonchev–Trinajstić information content (AvgIpc) is 3.76. The van der Waals surface area contributed by atoms with E-state index in [4.69, 9.17) is 9.15 Å². The normalized spacial score (nSPS) is 33.0. The third kappa shape index (κ3) is 7.63. The highest BCUT2D eigenvalue weighted by Gasteiger charge is 2.49. The first-order valence-electron chi connectivity index (χ1n) is 21.6. The van der Waals surface area contributed by atoms with E-state index in [0.29, 0.717) is 36.0 Å². The molecule has 0 radical (unpaired) electrons. The summed E-state index contributed by atoms with van der Waals surface area (Å²) in [5, 5.41) is 5.34. The zero-order chi connectivity index (χ0) is 37.2. The van der Waals surface area contributed by atoms with Gasteiger partial charge in [0.05, 0.1) is 12.2 Å². The van der Waals surface area contributed by atoms with E-state index in [9.17, 15) is 0 Å². The van der Waals surface area contributed by atoms with Crippen LogP contribution in [0.4, 0.5) is 0 Å². The summed E-state index contributed by atoms with van der Waals surface area (Å²) >= 11 is 0. The lowest BCUT2D eigenvalue weighted by Gasteiger charge is -2.41. The minimum atomic E-state index is 0.241. The predicted octanol–water partition coefficient (Wildman–Crippen LogP) is 12.9. The van der Waals surface area contributed by atoms with Gasteiger partial charge in [-0.25, -0.2) is 0 Å². The van der Waals surface area contributed by atoms with E-state index < -0.39 is 0 Å². The van der Waals surface area contributed by atoms with E-state index in [0.717, 1.165) is 71.0 Å². The molecule has 9 atom stereocenters. The third-order valence-electron chi connectivity index (χ3n) is 14.0. The van der Waals surface area contributed by atoms with Crippen molar-refractivity contribution in [1.82, 2.24) is 10.2 Å². The van der Waals surface area contributed by atoms with Crippen LogP contribution in [0.15, 0.2) is 108 Å². The van der Waals surface area contributed by atoms with Crippen LogP contribution < -0.4 is 5.32 Å². The fourth-order valence-electron chi connectivity index (χ4n) is 11.0. The number of allylic oxidation sites excluding steroid dienone is 8. The topological polar surface area (TPSA) is 37.6 Å². The molecule has 3 fully saturated rings. The van der Waals surface area contributed by atoms with Crippen molar-refractivity contribution in [1.29, 1.82) is 0 Å². The molecule has 1 N–H and O–H groups in total. The zero-order valence-electron chi connectivity index (χ0n) is 33.1. The summed E-state index contributed by atoms with van der Waals surface area (Å²) < 4.78 is 13.6. The molecular weight excluding hydrogens is 661 g/mol. The van der Waals surface area contributed by atoms with Gasteiger partial charge in [0, 0.05) is 46.7 Å². The summed E-state index contributed by atoms with van der Waals surface area (Å²) in [4.78, 5) is 2.28. The molecule has 2 aliphatic heterocycles. The Labute approximate surface area is 325 Å². The maximum absolute atomic E-state index is 6.96. The smallest absolute Gasteiger partial charge is 0.142 e. The molecule has 3 heterocycles. The second-order valence-corrected chi connectivity index (χ2v) is 17.4. The molecule has 6 aliphatic rings.